The minimum Gasteiger partial charge on any atom is -0.378 e. The van der Waals surface area contributed by atoms with Gasteiger partial charge in [0.15, 0.2) is 0 Å². The molecule has 0 saturated heterocycles. The maximum absolute atomic E-state index is 13.5. The number of rotatable bonds is 21. The molecule has 0 radical (unpaired) electrons. The van der Waals surface area contributed by atoms with Gasteiger partial charge < -0.3 is 34.3 Å². The van der Waals surface area contributed by atoms with Crippen LogP contribution in [0.5, 0.6) is 0 Å². The summed E-state index contributed by atoms with van der Waals surface area (Å²) in [4.78, 5) is 11.3. The highest BCUT2D eigenvalue weighted by atomic mass is 19.1. The highest BCUT2D eigenvalue weighted by molar-refractivity contribution is 5.77. The Balaban J connectivity index is 3.16. The van der Waals surface area contributed by atoms with Crippen molar-refractivity contribution in [2.45, 2.75) is 26.9 Å². The number of carbonyl (C=O) groups excluding carboxylic acids is 1. The van der Waals surface area contributed by atoms with Gasteiger partial charge in [0.2, 0.25) is 5.91 Å². The Bertz CT molecular complexity index is 350. The van der Waals surface area contributed by atoms with E-state index in [1.165, 1.54) is 0 Å². The van der Waals surface area contributed by atoms with Crippen LogP contribution >= 0.6 is 0 Å². The summed E-state index contributed by atoms with van der Waals surface area (Å²) in [6.45, 7) is 11.7. The molecule has 2 N–H and O–H groups in total. The first-order chi connectivity index (χ1) is 13.6. The van der Waals surface area contributed by atoms with Gasteiger partial charge in [-0.25, -0.2) is 4.39 Å². The number of alkyl halides is 1. The first-order valence-electron chi connectivity index (χ1n) is 10.1. The van der Waals surface area contributed by atoms with Gasteiger partial charge in [0.25, 0.3) is 0 Å². The second-order valence-electron chi connectivity index (χ2n) is 6.38. The van der Waals surface area contributed by atoms with Crippen LogP contribution in [0, 0.1) is 5.92 Å². The predicted octanol–water partition coefficient (Wildman–Crippen LogP) is 0.789. The van der Waals surface area contributed by atoms with E-state index in [-0.39, 0.29) is 25.0 Å². The molecule has 0 aromatic carbocycles. The van der Waals surface area contributed by atoms with Crippen LogP contribution in [0.15, 0.2) is 0 Å². The molecule has 1 unspecified atom stereocenters. The van der Waals surface area contributed by atoms with Crippen LogP contribution in [0.4, 0.5) is 4.39 Å². The van der Waals surface area contributed by atoms with Crippen LogP contribution in [0.25, 0.3) is 0 Å². The molecule has 0 heterocycles. The molecule has 168 valence electrons. The van der Waals surface area contributed by atoms with Crippen LogP contribution in [-0.2, 0) is 28.5 Å². The van der Waals surface area contributed by atoms with Crippen molar-refractivity contribution in [2.75, 3.05) is 85.7 Å². The Morgan fingerprint density at radius 3 is 1.75 bits per heavy atom. The van der Waals surface area contributed by atoms with E-state index < -0.39 is 6.17 Å². The van der Waals surface area contributed by atoms with Crippen LogP contribution in [-0.4, -0.2) is 97.8 Å². The Morgan fingerprint density at radius 1 is 0.821 bits per heavy atom. The zero-order valence-electron chi connectivity index (χ0n) is 17.7. The molecule has 28 heavy (non-hydrogen) atoms. The third-order valence-corrected chi connectivity index (χ3v) is 3.48. The number of ether oxygens (including phenoxy) is 5. The number of halogens is 1. The van der Waals surface area contributed by atoms with E-state index in [1.807, 2.05) is 0 Å². The number of likely N-dealkylation sites (N-methyl/N-ethyl adjacent to an activating group) is 1. The Morgan fingerprint density at radius 2 is 1.29 bits per heavy atom. The molecule has 0 rings (SSSR count). The SMILES string of the molecule is CCNCCOCCOCCOCCOCCOCC(F)CNC(=O)C(C)C. The average Bonchev–Trinajstić information content (AvgIpc) is 2.68. The Labute approximate surface area is 168 Å². The highest BCUT2D eigenvalue weighted by Crippen LogP contribution is 1.94. The molecular formula is C19H39FN2O6. The summed E-state index contributed by atoms with van der Waals surface area (Å²) in [5, 5.41) is 5.70. The lowest BCUT2D eigenvalue weighted by molar-refractivity contribution is -0.124. The predicted molar refractivity (Wildman–Crippen MR) is 105 cm³/mol. The smallest absolute Gasteiger partial charge is 0.222 e. The van der Waals surface area contributed by atoms with Crippen molar-refractivity contribution in [3.05, 3.63) is 0 Å². The van der Waals surface area contributed by atoms with Crippen LogP contribution < -0.4 is 10.6 Å². The van der Waals surface area contributed by atoms with E-state index in [9.17, 15) is 9.18 Å². The Kier molecular flexibility index (Phi) is 20.3. The molecule has 0 aliphatic carbocycles. The fraction of sp³-hybridized carbons (Fsp3) is 0.947. The average molecular weight is 411 g/mol. The summed E-state index contributed by atoms with van der Waals surface area (Å²) in [5.74, 6) is -0.313. The van der Waals surface area contributed by atoms with Gasteiger partial charge >= 0.3 is 0 Å². The second kappa shape index (κ2) is 20.9. The maximum Gasteiger partial charge on any atom is 0.222 e. The molecule has 8 nitrogen and oxygen atoms in total. The molecule has 0 aromatic rings. The number of nitrogens with one attached hydrogen (secondary N) is 2. The van der Waals surface area contributed by atoms with Crippen molar-refractivity contribution >= 4 is 5.91 Å². The Hall–Kier alpha value is -0.840. The van der Waals surface area contributed by atoms with Crippen molar-refractivity contribution in [3.8, 4) is 0 Å². The van der Waals surface area contributed by atoms with E-state index >= 15 is 0 Å². The lowest BCUT2D eigenvalue weighted by Gasteiger charge is -2.12. The summed E-state index contributed by atoms with van der Waals surface area (Å²) in [6, 6.07) is 0. The summed E-state index contributed by atoms with van der Waals surface area (Å²) in [6.07, 6.45) is -1.22. The van der Waals surface area contributed by atoms with Gasteiger partial charge in [-0.05, 0) is 6.54 Å². The van der Waals surface area contributed by atoms with E-state index in [2.05, 4.69) is 17.6 Å². The lowest BCUT2D eigenvalue weighted by Crippen LogP contribution is -2.35. The molecule has 0 spiro atoms. The summed E-state index contributed by atoms with van der Waals surface area (Å²) < 4.78 is 40.1. The standard InChI is InChI=1S/C19H39FN2O6/c1-4-21-5-6-24-7-8-25-9-10-26-11-12-27-13-14-28-16-18(20)15-22-19(23)17(2)3/h17-18,21H,4-16H2,1-3H3,(H,22,23). The number of hydrogen-bond donors (Lipinski definition) is 2. The lowest BCUT2D eigenvalue weighted by atomic mass is 10.2. The van der Waals surface area contributed by atoms with Crippen molar-refractivity contribution in [1.82, 2.24) is 10.6 Å². The molecule has 0 aliphatic heterocycles. The molecule has 1 amide bonds. The molecule has 0 aliphatic rings. The summed E-state index contributed by atoms with van der Waals surface area (Å²) in [7, 11) is 0. The largest absolute Gasteiger partial charge is 0.378 e. The van der Waals surface area contributed by atoms with Crippen molar-refractivity contribution in [1.29, 1.82) is 0 Å². The quantitative estimate of drug-likeness (QED) is 0.271. The van der Waals surface area contributed by atoms with Crippen LogP contribution in [0.2, 0.25) is 0 Å². The van der Waals surface area contributed by atoms with Gasteiger partial charge in [-0.1, -0.05) is 20.8 Å². The van der Waals surface area contributed by atoms with Gasteiger partial charge in [-0.3, -0.25) is 4.79 Å². The number of amides is 1. The van der Waals surface area contributed by atoms with Crippen LogP contribution in [0.3, 0.4) is 0 Å². The molecule has 9 heteroatoms. The highest BCUT2D eigenvalue weighted by Gasteiger charge is 2.11. The molecule has 0 fully saturated rings. The first-order valence-corrected chi connectivity index (χ1v) is 10.1. The van der Waals surface area contributed by atoms with Crippen molar-refractivity contribution in [3.63, 3.8) is 0 Å². The van der Waals surface area contributed by atoms with E-state index in [4.69, 9.17) is 23.7 Å². The van der Waals surface area contributed by atoms with Gasteiger partial charge in [-0.2, -0.15) is 0 Å². The molecule has 1 atom stereocenters. The topological polar surface area (TPSA) is 87.3 Å². The normalized spacial score (nSPS) is 12.5. The molecule has 0 aromatic heterocycles. The summed E-state index contributed by atoms with van der Waals surface area (Å²) in [5.41, 5.74) is 0. The second-order valence-corrected chi connectivity index (χ2v) is 6.38. The zero-order valence-corrected chi connectivity index (χ0v) is 17.7. The third-order valence-electron chi connectivity index (χ3n) is 3.48. The monoisotopic (exact) mass is 410 g/mol. The first kappa shape index (κ1) is 27.2. The maximum atomic E-state index is 13.5. The van der Waals surface area contributed by atoms with Gasteiger partial charge in [-0.15, -0.1) is 0 Å². The number of carbonyl (C=O) groups is 1. The van der Waals surface area contributed by atoms with Crippen molar-refractivity contribution in [2.24, 2.45) is 5.92 Å². The number of hydrogen-bond acceptors (Lipinski definition) is 7. The summed E-state index contributed by atoms with van der Waals surface area (Å²) >= 11 is 0. The third kappa shape index (κ3) is 19.9. The fourth-order valence-electron chi connectivity index (χ4n) is 1.89. The minimum absolute atomic E-state index is 0.0318. The van der Waals surface area contributed by atoms with Gasteiger partial charge in [0.1, 0.15) is 6.17 Å². The van der Waals surface area contributed by atoms with Gasteiger partial charge in [0, 0.05) is 12.5 Å². The fourth-order valence-corrected chi connectivity index (χ4v) is 1.89. The van der Waals surface area contributed by atoms with Crippen molar-refractivity contribution < 1.29 is 32.9 Å². The van der Waals surface area contributed by atoms with E-state index in [0.717, 1.165) is 13.1 Å². The molecule has 0 saturated carbocycles. The molecular weight excluding hydrogens is 371 g/mol. The molecule has 0 bridgehead atoms. The van der Waals surface area contributed by atoms with Crippen LogP contribution in [0.1, 0.15) is 20.8 Å². The van der Waals surface area contributed by atoms with E-state index in [0.29, 0.717) is 59.5 Å². The zero-order chi connectivity index (χ0) is 20.9. The minimum atomic E-state index is -1.22. The van der Waals surface area contributed by atoms with E-state index in [1.54, 1.807) is 13.8 Å². The van der Waals surface area contributed by atoms with Gasteiger partial charge in [0.05, 0.1) is 72.6 Å².